The molecule has 1 aromatic carbocycles. The Morgan fingerprint density at radius 3 is 2.67 bits per heavy atom. The van der Waals surface area contributed by atoms with Gasteiger partial charge in [-0.05, 0) is 49.8 Å². The molecule has 1 heterocycles. The van der Waals surface area contributed by atoms with E-state index in [1.807, 2.05) is 13.0 Å². The van der Waals surface area contributed by atoms with Gasteiger partial charge < -0.3 is 4.74 Å². The van der Waals surface area contributed by atoms with Crippen molar-refractivity contribution >= 4 is 5.78 Å². The lowest BCUT2D eigenvalue weighted by atomic mass is 9.87. The molecular weight excluding hydrogens is 224 g/mol. The van der Waals surface area contributed by atoms with Crippen LogP contribution in [-0.2, 0) is 17.6 Å². The number of hydrogen-bond acceptors (Lipinski definition) is 2. The highest BCUT2D eigenvalue weighted by Crippen LogP contribution is 2.30. The molecule has 1 atom stereocenters. The van der Waals surface area contributed by atoms with Crippen LogP contribution in [0.4, 0.5) is 0 Å². The van der Waals surface area contributed by atoms with Crippen LogP contribution < -0.4 is 0 Å². The van der Waals surface area contributed by atoms with Crippen LogP contribution in [0.1, 0.15) is 55.1 Å². The van der Waals surface area contributed by atoms with Gasteiger partial charge in [0, 0.05) is 12.2 Å². The average Bonchev–Trinajstić information content (AvgIpc) is 2.85. The molecule has 2 rings (SSSR count). The topological polar surface area (TPSA) is 26.3 Å². The van der Waals surface area contributed by atoms with Gasteiger partial charge in [-0.3, -0.25) is 4.79 Å². The Morgan fingerprint density at radius 2 is 2.11 bits per heavy atom. The average molecular weight is 246 g/mol. The Kier molecular flexibility index (Phi) is 3.86. The number of carbonyl (C=O) groups is 1. The van der Waals surface area contributed by atoms with Gasteiger partial charge in [0.25, 0.3) is 0 Å². The second kappa shape index (κ2) is 5.23. The SMILES string of the molecule is CCc1ccc(CC)c(C(=O)C2(C)CCCO2)c1. The Balaban J connectivity index is 2.39. The first-order chi connectivity index (χ1) is 8.60. The first kappa shape index (κ1) is 13.3. The van der Waals surface area contributed by atoms with E-state index in [2.05, 4.69) is 26.0 Å². The summed E-state index contributed by atoms with van der Waals surface area (Å²) in [7, 11) is 0. The molecule has 0 amide bonds. The zero-order valence-electron chi connectivity index (χ0n) is 11.6. The molecule has 0 bridgehead atoms. The second-order valence-corrected chi connectivity index (χ2v) is 5.21. The summed E-state index contributed by atoms with van der Waals surface area (Å²) < 4.78 is 5.68. The third-order valence-corrected chi connectivity index (χ3v) is 3.91. The molecule has 1 aromatic rings. The molecule has 0 aromatic heterocycles. The number of ketones is 1. The van der Waals surface area contributed by atoms with Crippen molar-refractivity contribution in [3.63, 3.8) is 0 Å². The molecule has 18 heavy (non-hydrogen) atoms. The minimum atomic E-state index is -0.601. The summed E-state index contributed by atoms with van der Waals surface area (Å²) in [5, 5.41) is 0. The van der Waals surface area contributed by atoms with Gasteiger partial charge in [0.2, 0.25) is 0 Å². The van der Waals surface area contributed by atoms with E-state index in [9.17, 15) is 4.79 Å². The molecule has 0 radical (unpaired) electrons. The molecule has 0 N–H and O–H groups in total. The van der Waals surface area contributed by atoms with Crippen molar-refractivity contribution in [2.75, 3.05) is 6.61 Å². The van der Waals surface area contributed by atoms with E-state index in [1.54, 1.807) is 0 Å². The summed E-state index contributed by atoms with van der Waals surface area (Å²) in [6.45, 7) is 6.84. The summed E-state index contributed by atoms with van der Waals surface area (Å²) in [6, 6.07) is 6.26. The van der Waals surface area contributed by atoms with E-state index in [-0.39, 0.29) is 5.78 Å². The van der Waals surface area contributed by atoms with Crippen LogP contribution in [-0.4, -0.2) is 18.0 Å². The van der Waals surface area contributed by atoms with Crippen molar-refractivity contribution in [2.24, 2.45) is 0 Å². The van der Waals surface area contributed by atoms with E-state index in [1.165, 1.54) is 5.56 Å². The Labute approximate surface area is 109 Å². The van der Waals surface area contributed by atoms with Crippen LogP contribution >= 0.6 is 0 Å². The molecular formula is C16H22O2. The minimum Gasteiger partial charge on any atom is -0.367 e. The first-order valence-corrected chi connectivity index (χ1v) is 6.91. The number of benzene rings is 1. The molecule has 0 spiro atoms. The van der Waals surface area contributed by atoms with Gasteiger partial charge >= 0.3 is 0 Å². The number of ether oxygens (including phenoxy) is 1. The van der Waals surface area contributed by atoms with E-state index in [4.69, 9.17) is 4.74 Å². The summed E-state index contributed by atoms with van der Waals surface area (Å²) in [6.07, 6.45) is 3.67. The van der Waals surface area contributed by atoms with Crippen molar-refractivity contribution in [3.8, 4) is 0 Å². The van der Waals surface area contributed by atoms with Crippen LogP contribution in [0.2, 0.25) is 0 Å². The molecule has 1 unspecified atom stereocenters. The monoisotopic (exact) mass is 246 g/mol. The third kappa shape index (κ3) is 2.35. The van der Waals surface area contributed by atoms with E-state index < -0.39 is 5.60 Å². The summed E-state index contributed by atoms with van der Waals surface area (Å²) in [5.74, 6) is 0.159. The van der Waals surface area contributed by atoms with Crippen LogP contribution in [0, 0.1) is 0 Å². The maximum Gasteiger partial charge on any atom is 0.194 e. The van der Waals surface area contributed by atoms with Crippen LogP contribution in [0.15, 0.2) is 18.2 Å². The van der Waals surface area contributed by atoms with Crippen LogP contribution in [0.3, 0.4) is 0 Å². The number of Topliss-reactive ketones (excluding diaryl/α,β-unsaturated/α-hetero) is 1. The maximum atomic E-state index is 12.7. The van der Waals surface area contributed by atoms with Crippen LogP contribution in [0.5, 0.6) is 0 Å². The fourth-order valence-electron chi connectivity index (χ4n) is 2.61. The van der Waals surface area contributed by atoms with Gasteiger partial charge in [-0.15, -0.1) is 0 Å². The summed E-state index contributed by atoms with van der Waals surface area (Å²) in [4.78, 5) is 12.7. The molecule has 2 nitrogen and oxygen atoms in total. The van der Waals surface area contributed by atoms with Crippen molar-refractivity contribution in [2.45, 2.75) is 52.1 Å². The molecule has 2 heteroatoms. The Hall–Kier alpha value is -1.15. The van der Waals surface area contributed by atoms with Gasteiger partial charge in [-0.25, -0.2) is 0 Å². The van der Waals surface area contributed by atoms with Gasteiger partial charge in [0.05, 0.1) is 0 Å². The predicted molar refractivity (Wildman–Crippen MR) is 73.1 cm³/mol. The quantitative estimate of drug-likeness (QED) is 0.759. The lowest BCUT2D eigenvalue weighted by Crippen LogP contribution is -2.35. The summed E-state index contributed by atoms with van der Waals surface area (Å²) in [5.41, 5.74) is 2.61. The number of rotatable bonds is 4. The summed E-state index contributed by atoms with van der Waals surface area (Å²) >= 11 is 0. The van der Waals surface area contributed by atoms with Crippen molar-refractivity contribution < 1.29 is 9.53 Å². The lowest BCUT2D eigenvalue weighted by molar-refractivity contribution is 0.0212. The molecule has 98 valence electrons. The highest BCUT2D eigenvalue weighted by molar-refractivity contribution is 6.03. The highest BCUT2D eigenvalue weighted by Gasteiger charge is 2.38. The predicted octanol–water partition coefficient (Wildman–Crippen LogP) is 3.56. The van der Waals surface area contributed by atoms with Crippen molar-refractivity contribution in [3.05, 3.63) is 34.9 Å². The van der Waals surface area contributed by atoms with Crippen molar-refractivity contribution in [1.82, 2.24) is 0 Å². The standard InChI is InChI=1S/C16H22O2/c1-4-12-7-8-13(5-2)14(11-12)15(17)16(3)9-6-10-18-16/h7-8,11H,4-6,9-10H2,1-3H3. The largest absolute Gasteiger partial charge is 0.367 e. The minimum absolute atomic E-state index is 0.159. The molecule has 1 aliphatic rings. The fraction of sp³-hybridized carbons (Fsp3) is 0.562. The number of aryl methyl sites for hydroxylation is 2. The third-order valence-electron chi connectivity index (χ3n) is 3.91. The van der Waals surface area contributed by atoms with Crippen LogP contribution in [0.25, 0.3) is 0 Å². The zero-order chi connectivity index (χ0) is 13.2. The fourth-order valence-corrected chi connectivity index (χ4v) is 2.61. The van der Waals surface area contributed by atoms with Crippen molar-refractivity contribution in [1.29, 1.82) is 0 Å². The Bertz CT molecular complexity index is 442. The van der Waals surface area contributed by atoms with E-state index >= 15 is 0 Å². The van der Waals surface area contributed by atoms with E-state index in [0.717, 1.165) is 36.8 Å². The molecule has 1 fully saturated rings. The Morgan fingerprint density at radius 1 is 1.33 bits per heavy atom. The van der Waals surface area contributed by atoms with Gasteiger partial charge in [0.15, 0.2) is 5.78 Å². The van der Waals surface area contributed by atoms with Gasteiger partial charge in [0.1, 0.15) is 5.60 Å². The maximum absolute atomic E-state index is 12.7. The lowest BCUT2D eigenvalue weighted by Gasteiger charge is -2.23. The number of hydrogen-bond donors (Lipinski definition) is 0. The molecule has 0 aliphatic carbocycles. The molecule has 1 saturated heterocycles. The van der Waals surface area contributed by atoms with Gasteiger partial charge in [-0.1, -0.05) is 26.0 Å². The smallest absolute Gasteiger partial charge is 0.194 e. The van der Waals surface area contributed by atoms with Gasteiger partial charge in [-0.2, -0.15) is 0 Å². The normalized spacial score (nSPS) is 23.3. The second-order valence-electron chi connectivity index (χ2n) is 5.21. The molecule has 0 saturated carbocycles. The number of carbonyl (C=O) groups excluding carboxylic acids is 1. The highest BCUT2D eigenvalue weighted by atomic mass is 16.5. The zero-order valence-corrected chi connectivity index (χ0v) is 11.6. The van der Waals surface area contributed by atoms with E-state index in [0.29, 0.717) is 6.61 Å². The molecule has 1 aliphatic heterocycles. The first-order valence-electron chi connectivity index (χ1n) is 6.91.